The van der Waals surface area contributed by atoms with Crippen molar-refractivity contribution in [2.75, 3.05) is 4.90 Å². The predicted octanol–water partition coefficient (Wildman–Crippen LogP) is 4.68. The number of ketones is 1. The SMILES string of the molecule is O=C1C(=O)N(c2nc3c(Cl)cccc3s2)C(c2ccc(O)cc2)C1=C(O)c1cccnc1. The Morgan fingerprint density at radius 1 is 1.06 bits per heavy atom. The van der Waals surface area contributed by atoms with Gasteiger partial charge in [-0.2, -0.15) is 0 Å². The van der Waals surface area contributed by atoms with Crippen molar-refractivity contribution in [2.45, 2.75) is 6.04 Å². The maximum absolute atomic E-state index is 13.2. The first-order chi connectivity index (χ1) is 15.5. The van der Waals surface area contributed by atoms with Gasteiger partial charge in [0.2, 0.25) is 0 Å². The number of thiazole rings is 1. The number of aromatic nitrogens is 2. The van der Waals surface area contributed by atoms with Crippen LogP contribution in [0, 0.1) is 0 Å². The second-order valence-corrected chi connectivity index (χ2v) is 8.50. The summed E-state index contributed by atoms with van der Waals surface area (Å²) in [7, 11) is 0. The molecule has 32 heavy (non-hydrogen) atoms. The number of Topliss-reactive ketones (excluding diaryl/α,β-unsaturated/α-hetero) is 1. The zero-order chi connectivity index (χ0) is 22.4. The van der Waals surface area contributed by atoms with Gasteiger partial charge in [-0.15, -0.1) is 0 Å². The van der Waals surface area contributed by atoms with Crippen LogP contribution < -0.4 is 4.90 Å². The Morgan fingerprint density at radius 2 is 1.84 bits per heavy atom. The van der Waals surface area contributed by atoms with E-state index in [2.05, 4.69) is 9.97 Å². The zero-order valence-corrected chi connectivity index (χ0v) is 17.8. The highest BCUT2D eigenvalue weighted by molar-refractivity contribution is 7.22. The van der Waals surface area contributed by atoms with Crippen molar-refractivity contribution in [3.05, 3.63) is 88.7 Å². The minimum Gasteiger partial charge on any atom is -0.508 e. The Kier molecular flexibility index (Phi) is 4.88. The van der Waals surface area contributed by atoms with E-state index in [4.69, 9.17) is 11.6 Å². The molecule has 1 fully saturated rings. The molecule has 3 heterocycles. The van der Waals surface area contributed by atoms with Crippen LogP contribution in [0.1, 0.15) is 17.2 Å². The van der Waals surface area contributed by atoms with E-state index in [1.54, 1.807) is 36.4 Å². The molecule has 1 aliphatic rings. The lowest BCUT2D eigenvalue weighted by molar-refractivity contribution is -0.132. The lowest BCUT2D eigenvalue weighted by Crippen LogP contribution is -2.29. The smallest absolute Gasteiger partial charge is 0.301 e. The van der Waals surface area contributed by atoms with Gasteiger partial charge in [0, 0.05) is 18.0 Å². The standard InChI is InChI=1S/C23H14ClN3O4S/c24-15-4-1-5-16-18(15)26-23(32-16)27-19(12-6-8-14(28)9-7-12)17(21(30)22(27)31)20(29)13-3-2-10-25-11-13/h1-11,19,28-29H. The molecule has 9 heteroatoms. The number of fused-ring (bicyclic) bond motifs is 1. The first kappa shape index (κ1) is 20.2. The average Bonchev–Trinajstić information content (AvgIpc) is 3.34. The Hall–Kier alpha value is -3.75. The summed E-state index contributed by atoms with van der Waals surface area (Å²) in [5, 5.41) is 21.4. The number of hydrogen-bond donors (Lipinski definition) is 2. The van der Waals surface area contributed by atoms with Crippen molar-refractivity contribution in [3.8, 4) is 5.75 Å². The van der Waals surface area contributed by atoms with E-state index in [9.17, 15) is 19.8 Å². The third-order valence-electron chi connectivity index (χ3n) is 5.15. The summed E-state index contributed by atoms with van der Waals surface area (Å²) in [6.45, 7) is 0. The van der Waals surface area contributed by atoms with E-state index in [0.29, 0.717) is 21.7 Å². The predicted molar refractivity (Wildman–Crippen MR) is 122 cm³/mol. The van der Waals surface area contributed by atoms with Crippen molar-refractivity contribution < 1.29 is 19.8 Å². The minimum atomic E-state index is -0.949. The van der Waals surface area contributed by atoms with E-state index in [1.807, 2.05) is 6.07 Å². The number of para-hydroxylation sites is 1. The molecule has 0 saturated carbocycles. The van der Waals surface area contributed by atoms with Crippen molar-refractivity contribution in [1.82, 2.24) is 9.97 Å². The zero-order valence-electron chi connectivity index (χ0n) is 16.3. The summed E-state index contributed by atoms with van der Waals surface area (Å²) in [4.78, 5) is 36.0. The molecule has 5 rings (SSSR count). The van der Waals surface area contributed by atoms with E-state index in [0.717, 1.165) is 4.70 Å². The van der Waals surface area contributed by atoms with E-state index >= 15 is 0 Å². The van der Waals surface area contributed by atoms with Crippen LogP contribution >= 0.6 is 22.9 Å². The van der Waals surface area contributed by atoms with Gasteiger partial charge in [-0.05, 0) is 42.0 Å². The van der Waals surface area contributed by atoms with Crippen molar-refractivity contribution in [1.29, 1.82) is 0 Å². The lowest BCUT2D eigenvalue weighted by atomic mass is 9.96. The van der Waals surface area contributed by atoms with Gasteiger partial charge in [0.05, 0.1) is 21.3 Å². The van der Waals surface area contributed by atoms with Crippen LogP contribution in [0.3, 0.4) is 0 Å². The summed E-state index contributed by atoms with van der Waals surface area (Å²) in [6, 6.07) is 13.7. The van der Waals surface area contributed by atoms with Crippen molar-refractivity contribution in [2.24, 2.45) is 0 Å². The van der Waals surface area contributed by atoms with Crippen LogP contribution in [-0.2, 0) is 9.59 Å². The van der Waals surface area contributed by atoms with Gasteiger partial charge < -0.3 is 10.2 Å². The van der Waals surface area contributed by atoms with Crippen LogP contribution in [0.25, 0.3) is 16.0 Å². The fraction of sp³-hybridized carbons (Fsp3) is 0.0435. The molecule has 1 saturated heterocycles. The molecule has 0 aliphatic carbocycles. The summed E-state index contributed by atoms with van der Waals surface area (Å²) < 4.78 is 0.756. The number of rotatable bonds is 3. The number of aliphatic hydroxyl groups is 1. The molecular weight excluding hydrogens is 450 g/mol. The normalized spacial score (nSPS) is 17.9. The molecule has 1 atom stereocenters. The van der Waals surface area contributed by atoms with Crippen LogP contribution in [0.2, 0.25) is 5.02 Å². The minimum absolute atomic E-state index is 0.0322. The quantitative estimate of drug-likeness (QED) is 0.260. The Morgan fingerprint density at radius 3 is 2.53 bits per heavy atom. The number of hydrogen-bond acceptors (Lipinski definition) is 7. The summed E-state index contributed by atoms with van der Waals surface area (Å²) in [5.74, 6) is -1.96. The molecule has 1 amide bonds. The maximum atomic E-state index is 13.2. The lowest BCUT2D eigenvalue weighted by Gasteiger charge is -2.23. The van der Waals surface area contributed by atoms with Crippen molar-refractivity contribution >= 4 is 55.7 Å². The van der Waals surface area contributed by atoms with E-state index < -0.39 is 17.7 Å². The second-order valence-electron chi connectivity index (χ2n) is 7.09. The van der Waals surface area contributed by atoms with E-state index in [1.165, 1.54) is 40.8 Å². The fourth-order valence-electron chi connectivity index (χ4n) is 3.67. The molecule has 158 valence electrons. The van der Waals surface area contributed by atoms with Gasteiger partial charge in [-0.1, -0.05) is 41.1 Å². The van der Waals surface area contributed by atoms with Gasteiger partial charge in [0.1, 0.15) is 17.0 Å². The molecule has 4 aromatic rings. The molecule has 2 aromatic heterocycles. The molecule has 7 nitrogen and oxygen atoms in total. The van der Waals surface area contributed by atoms with Crippen LogP contribution in [0.4, 0.5) is 5.13 Å². The maximum Gasteiger partial charge on any atom is 0.301 e. The number of anilines is 1. The average molecular weight is 464 g/mol. The number of phenolic OH excluding ortho intramolecular Hbond substituents is 1. The first-order valence-electron chi connectivity index (χ1n) is 9.51. The van der Waals surface area contributed by atoms with Crippen molar-refractivity contribution in [3.63, 3.8) is 0 Å². The third-order valence-corrected chi connectivity index (χ3v) is 6.48. The first-order valence-corrected chi connectivity index (χ1v) is 10.7. The van der Waals surface area contributed by atoms with Gasteiger partial charge in [0.25, 0.3) is 5.78 Å². The monoisotopic (exact) mass is 463 g/mol. The highest BCUT2D eigenvalue weighted by Gasteiger charge is 2.48. The Balaban J connectivity index is 1.75. The Labute approximate surface area is 190 Å². The molecule has 1 unspecified atom stereocenters. The van der Waals surface area contributed by atoms with Gasteiger partial charge in [-0.3, -0.25) is 19.5 Å². The summed E-state index contributed by atoms with van der Waals surface area (Å²) >= 11 is 7.48. The second kappa shape index (κ2) is 7.74. The summed E-state index contributed by atoms with van der Waals surface area (Å²) in [5.41, 5.74) is 1.27. The van der Waals surface area contributed by atoms with E-state index in [-0.39, 0.29) is 22.2 Å². The van der Waals surface area contributed by atoms with Crippen LogP contribution in [0.15, 0.2) is 72.6 Å². The molecule has 0 radical (unpaired) electrons. The molecule has 0 bridgehead atoms. The molecule has 0 spiro atoms. The number of phenols is 1. The molecule has 2 N–H and O–H groups in total. The molecule has 2 aromatic carbocycles. The van der Waals surface area contributed by atoms with Gasteiger partial charge in [0.15, 0.2) is 5.13 Å². The van der Waals surface area contributed by atoms with Crippen LogP contribution in [-0.4, -0.2) is 31.9 Å². The third kappa shape index (κ3) is 3.21. The number of pyridine rings is 1. The number of halogens is 1. The number of aromatic hydroxyl groups is 1. The highest BCUT2D eigenvalue weighted by atomic mass is 35.5. The van der Waals surface area contributed by atoms with Gasteiger partial charge in [-0.25, -0.2) is 4.98 Å². The molecular formula is C23H14ClN3O4S. The van der Waals surface area contributed by atoms with Crippen LogP contribution in [0.5, 0.6) is 5.75 Å². The van der Waals surface area contributed by atoms with Gasteiger partial charge >= 0.3 is 5.91 Å². The Bertz CT molecular complexity index is 1400. The largest absolute Gasteiger partial charge is 0.508 e. The molecule has 1 aliphatic heterocycles. The highest BCUT2D eigenvalue weighted by Crippen LogP contribution is 2.45. The summed E-state index contributed by atoms with van der Waals surface area (Å²) in [6.07, 6.45) is 2.95. The number of benzene rings is 2. The number of nitrogens with zero attached hydrogens (tertiary/aromatic N) is 3. The topological polar surface area (TPSA) is 104 Å². The number of carbonyl (C=O) groups excluding carboxylic acids is 2. The fourth-order valence-corrected chi connectivity index (χ4v) is 4.96. The number of aliphatic hydroxyl groups excluding tert-OH is 1. The number of amides is 1. The number of carbonyl (C=O) groups is 2.